The summed E-state index contributed by atoms with van der Waals surface area (Å²) in [4.78, 5) is 18.0. The first kappa shape index (κ1) is 17.8. The number of hydrogen-bond acceptors (Lipinski definition) is 5. The monoisotopic (exact) mass is 389 g/mol. The van der Waals surface area contributed by atoms with Crippen LogP contribution in [-0.2, 0) is 6.42 Å². The topological polar surface area (TPSA) is 89.1 Å². The highest BCUT2D eigenvalue weighted by atomic mass is 16.4. The van der Waals surface area contributed by atoms with Gasteiger partial charge in [0.25, 0.3) is 5.56 Å². The number of aromatic amines is 1. The molecule has 1 N–H and O–H groups in total. The Kier molecular flexibility index (Phi) is 4.30. The number of nitrogens with zero attached hydrogens (tertiary/aromatic N) is 4. The van der Waals surface area contributed by atoms with Crippen LogP contribution in [0.4, 0.5) is 0 Å². The number of hydrogen-bond donors (Lipinski definition) is 1. The van der Waals surface area contributed by atoms with Crippen LogP contribution in [0.25, 0.3) is 16.8 Å². The molecule has 148 valence electrons. The van der Waals surface area contributed by atoms with Crippen molar-refractivity contribution in [3.05, 3.63) is 69.4 Å². The van der Waals surface area contributed by atoms with Crippen molar-refractivity contribution in [1.29, 1.82) is 0 Å². The van der Waals surface area contributed by atoms with Crippen LogP contribution in [-0.4, -0.2) is 24.8 Å². The van der Waals surface area contributed by atoms with E-state index in [1.165, 1.54) is 17.4 Å². The average Bonchev–Trinajstić information content (AvgIpc) is 3.46. The summed E-state index contributed by atoms with van der Waals surface area (Å²) in [6.07, 6.45) is 4.90. The van der Waals surface area contributed by atoms with Crippen molar-refractivity contribution in [3.8, 4) is 11.1 Å². The molecule has 0 unspecified atom stereocenters. The summed E-state index contributed by atoms with van der Waals surface area (Å²) in [5.74, 6) is 1.53. The fourth-order valence-corrected chi connectivity index (χ4v) is 4.31. The number of fused-ring (bicyclic) bond motifs is 1. The fourth-order valence-electron chi connectivity index (χ4n) is 4.31. The molecular formula is C22H23N5O2. The number of nitrogens with one attached hydrogen (secondary N) is 1. The Morgan fingerprint density at radius 2 is 1.90 bits per heavy atom. The highest BCUT2D eigenvalue weighted by Crippen LogP contribution is 2.33. The van der Waals surface area contributed by atoms with E-state index in [1.54, 1.807) is 0 Å². The fraction of sp³-hybridized carbons (Fsp3) is 0.364. The minimum atomic E-state index is -0.126. The van der Waals surface area contributed by atoms with Crippen molar-refractivity contribution in [2.45, 2.75) is 51.9 Å². The predicted molar refractivity (Wildman–Crippen MR) is 109 cm³/mol. The van der Waals surface area contributed by atoms with Crippen LogP contribution >= 0.6 is 0 Å². The molecule has 1 saturated carbocycles. The van der Waals surface area contributed by atoms with Gasteiger partial charge < -0.3 is 4.42 Å². The molecule has 0 atom stereocenters. The molecule has 1 aromatic carbocycles. The Hall–Kier alpha value is -3.22. The summed E-state index contributed by atoms with van der Waals surface area (Å²) in [5.41, 5.74) is 4.64. The first-order valence-corrected chi connectivity index (χ1v) is 10.1. The van der Waals surface area contributed by atoms with Gasteiger partial charge >= 0.3 is 0 Å². The Balaban J connectivity index is 1.55. The Bertz CT molecular complexity index is 1230. The molecule has 0 radical (unpaired) electrons. The third-order valence-electron chi connectivity index (χ3n) is 5.84. The minimum absolute atomic E-state index is 0.126. The van der Waals surface area contributed by atoms with Gasteiger partial charge in [-0.15, -0.1) is 10.2 Å². The molecule has 1 fully saturated rings. The molecule has 3 heterocycles. The van der Waals surface area contributed by atoms with Crippen molar-refractivity contribution >= 4 is 5.65 Å². The molecule has 1 aliphatic rings. The van der Waals surface area contributed by atoms with Gasteiger partial charge in [-0.05, 0) is 32.3 Å². The lowest BCUT2D eigenvalue weighted by atomic mass is 10.1. The molecule has 0 saturated heterocycles. The Labute approximate surface area is 167 Å². The largest absolute Gasteiger partial charge is 0.425 e. The number of benzene rings is 1. The zero-order chi connectivity index (χ0) is 20.0. The van der Waals surface area contributed by atoms with E-state index in [2.05, 4.69) is 15.3 Å². The van der Waals surface area contributed by atoms with Gasteiger partial charge in [-0.2, -0.15) is 0 Å². The molecule has 1 aliphatic carbocycles. The zero-order valence-corrected chi connectivity index (χ0v) is 16.6. The quantitative estimate of drug-likeness (QED) is 0.571. The predicted octanol–water partition coefficient (Wildman–Crippen LogP) is 3.94. The van der Waals surface area contributed by atoms with Gasteiger partial charge in [-0.1, -0.05) is 43.2 Å². The standard InChI is InChI=1S/C22H23N5O2/c1-13-17(12-18-24-25-21(29-18)16-10-6-7-11-16)22(28)27-20(23-13)19(14(2)26-27)15-8-4-3-5-9-15/h3-5,8-9,16,26H,6-7,10-12H2,1-2H3. The molecule has 7 heteroatoms. The van der Waals surface area contributed by atoms with Gasteiger partial charge in [0.2, 0.25) is 11.8 Å². The lowest BCUT2D eigenvalue weighted by Crippen LogP contribution is -2.22. The molecule has 0 spiro atoms. The van der Waals surface area contributed by atoms with Crippen LogP contribution in [0.3, 0.4) is 0 Å². The van der Waals surface area contributed by atoms with E-state index in [0.717, 1.165) is 29.7 Å². The van der Waals surface area contributed by atoms with Crippen molar-refractivity contribution in [3.63, 3.8) is 0 Å². The summed E-state index contributed by atoms with van der Waals surface area (Å²) < 4.78 is 7.41. The van der Waals surface area contributed by atoms with Gasteiger partial charge in [-0.25, -0.2) is 9.50 Å². The SMILES string of the molecule is Cc1nc2c(-c3ccccc3)c(C)[nH]n2c(=O)c1Cc1nnc(C2CCCC2)o1. The summed E-state index contributed by atoms with van der Waals surface area (Å²) >= 11 is 0. The molecule has 0 aliphatic heterocycles. The van der Waals surface area contributed by atoms with Gasteiger partial charge in [0.15, 0.2) is 5.65 Å². The van der Waals surface area contributed by atoms with Crippen molar-refractivity contribution in [2.24, 2.45) is 0 Å². The average molecular weight is 389 g/mol. The molecule has 4 aromatic rings. The van der Waals surface area contributed by atoms with Crippen LogP contribution in [0, 0.1) is 13.8 Å². The maximum absolute atomic E-state index is 13.2. The zero-order valence-electron chi connectivity index (χ0n) is 16.6. The molecule has 0 bridgehead atoms. The van der Waals surface area contributed by atoms with Gasteiger partial charge in [0.1, 0.15) is 0 Å². The summed E-state index contributed by atoms with van der Waals surface area (Å²) in [7, 11) is 0. The van der Waals surface area contributed by atoms with E-state index < -0.39 is 0 Å². The van der Waals surface area contributed by atoms with Crippen molar-refractivity contribution in [1.82, 2.24) is 24.8 Å². The van der Waals surface area contributed by atoms with Gasteiger partial charge in [0.05, 0.1) is 6.42 Å². The van der Waals surface area contributed by atoms with Crippen LogP contribution in [0.2, 0.25) is 0 Å². The normalized spacial score (nSPS) is 14.8. The van der Waals surface area contributed by atoms with Crippen LogP contribution in [0.1, 0.15) is 60.3 Å². The van der Waals surface area contributed by atoms with Crippen LogP contribution in [0.15, 0.2) is 39.5 Å². The molecule has 3 aromatic heterocycles. The summed E-state index contributed by atoms with van der Waals surface area (Å²) in [6, 6.07) is 9.98. The summed E-state index contributed by atoms with van der Waals surface area (Å²) in [6.45, 7) is 3.82. The molecule has 0 amide bonds. The minimum Gasteiger partial charge on any atom is -0.425 e. The Morgan fingerprint density at radius 3 is 2.66 bits per heavy atom. The molecule has 29 heavy (non-hydrogen) atoms. The lowest BCUT2D eigenvalue weighted by Gasteiger charge is -2.05. The van der Waals surface area contributed by atoms with Crippen LogP contribution < -0.4 is 5.56 Å². The van der Waals surface area contributed by atoms with Crippen molar-refractivity contribution < 1.29 is 4.42 Å². The first-order valence-electron chi connectivity index (χ1n) is 10.1. The smallest absolute Gasteiger partial charge is 0.276 e. The second-order valence-corrected chi connectivity index (χ2v) is 7.81. The number of aromatic nitrogens is 5. The van der Waals surface area contributed by atoms with Crippen LogP contribution in [0.5, 0.6) is 0 Å². The van der Waals surface area contributed by atoms with Gasteiger partial charge in [0, 0.05) is 28.4 Å². The third kappa shape index (κ3) is 3.06. The molecule has 7 nitrogen and oxygen atoms in total. The lowest BCUT2D eigenvalue weighted by molar-refractivity contribution is 0.421. The molecule has 5 rings (SSSR count). The Morgan fingerprint density at radius 1 is 1.14 bits per heavy atom. The second kappa shape index (κ2) is 6.99. The van der Waals surface area contributed by atoms with E-state index >= 15 is 0 Å². The number of rotatable bonds is 4. The van der Waals surface area contributed by atoms with E-state index in [9.17, 15) is 4.79 Å². The van der Waals surface area contributed by atoms with E-state index in [1.807, 2.05) is 44.2 Å². The number of H-pyrrole nitrogens is 1. The maximum Gasteiger partial charge on any atom is 0.276 e. The van der Waals surface area contributed by atoms with Gasteiger partial charge in [-0.3, -0.25) is 9.89 Å². The maximum atomic E-state index is 13.2. The highest BCUT2D eigenvalue weighted by Gasteiger charge is 2.24. The summed E-state index contributed by atoms with van der Waals surface area (Å²) in [5, 5.41) is 11.6. The first-order chi connectivity index (χ1) is 14.1. The third-order valence-corrected chi connectivity index (χ3v) is 5.84. The van der Waals surface area contributed by atoms with Crippen molar-refractivity contribution in [2.75, 3.05) is 0 Å². The molecular weight excluding hydrogens is 366 g/mol. The highest BCUT2D eigenvalue weighted by molar-refractivity contribution is 5.79. The van der Waals surface area contributed by atoms with E-state index in [0.29, 0.717) is 41.0 Å². The van der Waals surface area contributed by atoms with E-state index in [4.69, 9.17) is 9.40 Å². The number of aryl methyl sites for hydroxylation is 2. The second-order valence-electron chi connectivity index (χ2n) is 7.81. The van der Waals surface area contributed by atoms with E-state index in [-0.39, 0.29) is 5.56 Å².